The minimum atomic E-state index is -0.145. The molecule has 0 unspecified atom stereocenters. The van der Waals surface area contributed by atoms with Crippen LogP contribution in [0, 0.1) is 0 Å². The minimum Gasteiger partial charge on any atom is -0.496 e. The molecular weight excluding hydrogens is 380 g/mol. The molecule has 0 saturated carbocycles. The van der Waals surface area contributed by atoms with Gasteiger partial charge in [-0.15, -0.1) is 0 Å². The van der Waals surface area contributed by atoms with E-state index < -0.39 is 0 Å². The molecule has 3 aromatic rings. The van der Waals surface area contributed by atoms with E-state index in [9.17, 15) is 9.59 Å². The van der Waals surface area contributed by atoms with Crippen molar-refractivity contribution in [3.05, 3.63) is 64.7 Å². The number of methoxy groups -OCH3 is 1. The van der Waals surface area contributed by atoms with Crippen molar-refractivity contribution in [3.63, 3.8) is 0 Å². The second kappa shape index (κ2) is 9.45. The summed E-state index contributed by atoms with van der Waals surface area (Å²) in [5.74, 6) is 0.492. The molecule has 30 heavy (non-hydrogen) atoms. The average Bonchev–Trinajstić information content (AvgIpc) is 3.23. The summed E-state index contributed by atoms with van der Waals surface area (Å²) in [7, 11) is 5.52. The first-order valence-corrected chi connectivity index (χ1v) is 9.89. The summed E-state index contributed by atoms with van der Waals surface area (Å²) in [6, 6.07) is 7.22. The highest BCUT2D eigenvalue weighted by atomic mass is 16.5. The first-order valence-electron chi connectivity index (χ1n) is 9.89. The van der Waals surface area contributed by atoms with Crippen molar-refractivity contribution >= 4 is 16.8 Å². The van der Waals surface area contributed by atoms with Gasteiger partial charge in [0.25, 0.3) is 11.5 Å². The normalized spacial score (nSPS) is 11.5. The average molecular weight is 409 g/mol. The minimum absolute atomic E-state index is 0.0894. The van der Waals surface area contributed by atoms with E-state index in [4.69, 9.17) is 4.74 Å². The van der Waals surface area contributed by atoms with Crippen molar-refractivity contribution in [1.29, 1.82) is 0 Å². The predicted octanol–water partition coefficient (Wildman–Crippen LogP) is 2.87. The number of fused-ring (bicyclic) bond motifs is 1. The van der Waals surface area contributed by atoms with Gasteiger partial charge in [-0.2, -0.15) is 0 Å². The van der Waals surface area contributed by atoms with E-state index in [0.717, 1.165) is 23.1 Å². The number of aromatic amines is 1. The van der Waals surface area contributed by atoms with Crippen molar-refractivity contribution in [1.82, 2.24) is 19.8 Å². The molecule has 3 rings (SSSR count). The van der Waals surface area contributed by atoms with Crippen molar-refractivity contribution in [2.24, 2.45) is 0 Å². The van der Waals surface area contributed by atoms with Crippen molar-refractivity contribution in [2.45, 2.75) is 13.5 Å². The zero-order chi connectivity index (χ0) is 21.7. The molecule has 7 heteroatoms. The third-order valence-corrected chi connectivity index (χ3v) is 4.93. The Balaban J connectivity index is 2.09. The topological polar surface area (TPSA) is 79.4 Å². The summed E-state index contributed by atoms with van der Waals surface area (Å²) in [6.07, 6.45) is 7.40. The van der Waals surface area contributed by atoms with E-state index in [0.29, 0.717) is 29.9 Å². The van der Waals surface area contributed by atoms with E-state index in [1.165, 1.54) is 0 Å². The van der Waals surface area contributed by atoms with Crippen LogP contribution in [-0.4, -0.2) is 54.7 Å². The number of carbonyl (C=O) groups excluding carboxylic acids is 1. The second-order valence-electron chi connectivity index (χ2n) is 7.31. The van der Waals surface area contributed by atoms with Crippen LogP contribution >= 0.6 is 0 Å². The molecule has 0 aliphatic heterocycles. The summed E-state index contributed by atoms with van der Waals surface area (Å²) >= 11 is 0. The van der Waals surface area contributed by atoms with Crippen molar-refractivity contribution < 1.29 is 9.53 Å². The van der Waals surface area contributed by atoms with E-state index in [1.807, 2.05) is 56.4 Å². The Kier molecular flexibility index (Phi) is 6.74. The smallest absolute Gasteiger partial charge is 0.275 e. The molecule has 2 aromatic heterocycles. The third-order valence-electron chi connectivity index (χ3n) is 4.93. The van der Waals surface area contributed by atoms with Gasteiger partial charge in [-0.1, -0.05) is 12.2 Å². The number of pyridine rings is 1. The number of rotatable bonds is 8. The van der Waals surface area contributed by atoms with Gasteiger partial charge in [-0.05, 0) is 45.3 Å². The number of hydrogen-bond acceptors (Lipinski definition) is 4. The number of amides is 1. The summed E-state index contributed by atoms with van der Waals surface area (Å²) in [6.45, 7) is 3.70. The summed E-state index contributed by atoms with van der Waals surface area (Å²) in [5.41, 5.74) is 2.57. The molecule has 158 valence electrons. The van der Waals surface area contributed by atoms with Gasteiger partial charge >= 0.3 is 0 Å². The van der Waals surface area contributed by atoms with Crippen LogP contribution in [0.15, 0.2) is 53.6 Å². The van der Waals surface area contributed by atoms with Gasteiger partial charge in [0.1, 0.15) is 11.3 Å². The standard InChI is InChI=1S/C23H28N4O3/c1-5-6-12-27-15-19(17-9-10-24-21(17)23(27)29)18-14-16(7-8-20(18)30-4)22(28)25-11-13-26(2)3/h5-10,14-15,24H,11-13H2,1-4H3,(H,25,28). The highest BCUT2D eigenvalue weighted by Gasteiger charge is 2.17. The Morgan fingerprint density at radius 3 is 2.77 bits per heavy atom. The SMILES string of the molecule is CC=CCn1cc(-c2cc(C(=O)NCCN(C)C)ccc2OC)c2cc[nH]c2c1=O. The lowest BCUT2D eigenvalue weighted by Crippen LogP contribution is -2.31. The fourth-order valence-electron chi connectivity index (χ4n) is 3.32. The molecular formula is C23H28N4O3. The van der Waals surface area contributed by atoms with Crippen LogP contribution in [0.5, 0.6) is 5.75 Å². The van der Waals surface area contributed by atoms with Crippen molar-refractivity contribution in [2.75, 3.05) is 34.3 Å². The predicted molar refractivity (Wildman–Crippen MR) is 120 cm³/mol. The zero-order valence-corrected chi connectivity index (χ0v) is 17.9. The highest BCUT2D eigenvalue weighted by molar-refractivity contribution is 6.00. The lowest BCUT2D eigenvalue weighted by molar-refractivity contribution is 0.0951. The number of aromatic nitrogens is 2. The van der Waals surface area contributed by atoms with E-state index in [2.05, 4.69) is 10.3 Å². The van der Waals surface area contributed by atoms with Gasteiger partial charge in [0.15, 0.2) is 0 Å². The van der Waals surface area contributed by atoms with Crippen LogP contribution in [-0.2, 0) is 6.54 Å². The number of carbonyl (C=O) groups is 1. The molecule has 0 fully saturated rings. The van der Waals surface area contributed by atoms with Crippen LogP contribution in [0.1, 0.15) is 17.3 Å². The Morgan fingerprint density at radius 2 is 2.07 bits per heavy atom. The van der Waals surface area contributed by atoms with Crippen LogP contribution < -0.4 is 15.6 Å². The number of nitrogens with zero attached hydrogens (tertiary/aromatic N) is 2. The van der Waals surface area contributed by atoms with Crippen LogP contribution in [0.25, 0.3) is 22.0 Å². The Labute approximate surface area is 176 Å². The summed E-state index contributed by atoms with van der Waals surface area (Å²) in [5, 5.41) is 3.73. The van der Waals surface area contributed by atoms with Gasteiger partial charge in [0, 0.05) is 54.1 Å². The van der Waals surface area contributed by atoms with Gasteiger partial charge in [0.05, 0.1) is 7.11 Å². The molecule has 0 bridgehead atoms. The Hall–Kier alpha value is -3.32. The molecule has 7 nitrogen and oxygen atoms in total. The lowest BCUT2D eigenvalue weighted by Gasteiger charge is -2.15. The van der Waals surface area contributed by atoms with E-state index >= 15 is 0 Å². The molecule has 0 saturated heterocycles. The fraction of sp³-hybridized carbons (Fsp3) is 0.304. The monoisotopic (exact) mass is 408 g/mol. The number of H-pyrrole nitrogens is 1. The number of benzene rings is 1. The zero-order valence-electron chi connectivity index (χ0n) is 17.9. The van der Waals surface area contributed by atoms with Crippen LogP contribution in [0.2, 0.25) is 0 Å². The maximum Gasteiger partial charge on any atom is 0.275 e. The quantitative estimate of drug-likeness (QED) is 0.562. The molecule has 0 aliphatic rings. The van der Waals surface area contributed by atoms with Crippen molar-refractivity contribution in [3.8, 4) is 16.9 Å². The summed E-state index contributed by atoms with van der Waals surface area (Å²) in [4.78, 5) is 30.5. The van der Waals surface area contributed by atoms with Gasteiger partial charge in [0.2, 0.25) is 0 Å². The van der Waals surface area contributed by atoms with E-state index in [1.54, 1.807) is 30.0 Å². The number of allylic oxidation sites excluding steroid dienone is 2. The maximum absolute atomic E-state index is 12.8. The number of hydrogen-bond donors (Lipinski definition) is 2. The maximum atomic E-state index is 12.8. The molecule has 2 heterocycles. The highest BCUT2D eigenvalue weighted by Crippen LogP contribution is 2.34. The third kappa shape index (κ3) is 4.46. The number of nitrogens with one attached hydrogen (secondary N) is 2. The molecule has 2 N–H and O–H groups in total. The largest absolute Gasteiger partial charge is 0.496 e. The molecule has 0 atom stereocenters. The number of likely N-dealkylation sites (N-methyl/N-ethyl adjacent to an activating group) is 1. The first-order chi connectivity index (χ1) is 14.5. The first kappa shape index (κ1) is 21.4. The van der Waals surface area contributed by atoms with Crippen LogP contribution in [0.4, 0.5) is 0 Å². The Morgan fingerprint density at radius 1 is 1.27 bits per heavy atom. The van der Waals surface area contributed by atoms with Gasteiger partial charge < -0.3 is 24.5 Å². The van der Waals surface area contributed by atoms with Gasteiger partial charge in [-0.25, -0.2) is 0 Å². The molecule has 0 spiro atoms. The fourth-order valence-corrected chi connectivity index (χ4v) is 3.32. The van der Waals surface area contributed by atoms with Gasteiger partial charge in [-0.3, -0.25) is 9.59 Å². The molecule has 0 aliphatic carbocycles. The van der Waals surface area contributed by atoms with E-state index in [-0.39, 0.29) is 11.5 Å². The number of ether oxygens (including phenoxy) is 1. The Bertz CT molecular complexity index is 1130. The van der Waals surface area contributed by atoms with Crippen LogP contribution in [0.3, 0.4) is 0 Å². The molecule has 1 aromatic carbocycles. The molecule has 1 amide bonds. The lowest BCUT2D eigenvalue weighted by atomic mass is 10.00. The molecule has 0 radical (unpaired) electrons. The second-order valence-corrected chi connectivity index (χ2v) is 7.31. The summed E-state index contributed by atoms with van der Waals surface area (Å²) < 4.78 is 7.22.